The first kappa shape index (κ1) is 11.6. The van der Waals surface area contributed by atoms with Gasteiger partial charge in [-0.3, -0.25) is 4.79 Å². The second-order valence-electron chi connectivity index (χ2n) is 3.73. The van der Waals surface area contributed by atoms with E-state index in [0.717, 1.165) is 0 Å². The Labute approximate surface area is 98.1 Å². The van der Waals surface area contributed by atoms with Crippen LogP contribution in [0.25, 0.3) is 11.0 Å². The van der Waals surface area contributed by atoms with Crippen LogP contribution in [-0.2, 0) is 6.61 Å². The number of aromatic amines is 1. The summed E-state index contributed by atoms with van der Waals surface area (Å²) in [6.07, 6.45) is 0. The van der Waals surface area contributed by atoms with Crippen molar-refractivity contribution in [1.29, 1.82) is 0 Å². The van der Waals surface area contributed by atoms with Crippen LogP contribution in [0, 0.1) is 6.92 Å². The molecule has 0 saturated carbocycles. The molecule has 0 aliphatic heterocycles. The number of hydrogen-bond donors (Lipinski definition) is 2. The molecule has 17 heavy (non-hydrogen) atoms. The third-order valence-corrected chi connectivity index (χ3v) is 2.47. The summed E-state index contributed by atoms with van der Waals surface area (Å²) in [6, 6.07) is 3.43. The number of aromatic nitrogens is 2. The highest BCUT2D eigenvalue weighted by Crippen LogP contribution is 2.24. The fourth-order valence-electron chi connectivity index (χ4n) is 1.66. The van der Waals surface area contributed by atoms with E-state index in [4.69, 9.17) is 9.84 Å². The molecule has 5 nitrogen and oxygen atoms in total. The Hall–Kier alpha value is -1.88. The molecule has 90 valence electrons. The molecule has 0 fully saturated rings. The Kier molecular flexibility index (Phi) is 3.10. The van der Waals surface area contributed by atoms with Gasteiger partial charge in [0.05, 0.1) is 18.7 Å². The van der Waals surface area contributed by atoms with E-state index in [-0.39, 0.29) is 12.2 Å². The third-order valence-electron chi connectivity index (χ3n) is 2.47. The monoisotopic (exact) mass is 234 g/mol. The quantitative estimate of drug-likeness (QED) is 0.834. The molecule has 1 heterocycles. The summed E-state index contributed by atoms with van der Waals surface area (Å²) in [6.45, 7) is 3.92. The van der Waals surface area contributed by atoms with Crippen LogP contribution in [0.2, 0.25) is 0 Å². The van der Waals surface area contributed by atoms with Gasteiger partial charge in [-0.25, -0.2) is 4.98 Å². The number of rotatable bonds is 3. The van der Waals surface area contributed by atoms with Crippen molar-refractivity contribution in [2.45, 2.75) is 20.5 Å². The molecule has 2 N–H and O–H groups in total. The first-order chi connectivity index (χ1) is 8.15. The molecule has 1 aromatic heterocycles. The summed E-state index contributed by atoms with van der Waals surface area (Å²) < 4.78 is 5.46. The zero-order valence-corrected chi connectivity index (χ0v) is 9.78. The molecule has 0 spiro atoms. The minimum absolute atomic E-state index is 0.105. The number of nitrogens with zero attached hydrogens (tertiary/aromatic N) is 1. The minimum Gasteiger partial charge on any atom is -0.492 e. The number of hydrogen-bond acceptors (Lipinski definition) is 4. The van der Waals surface area contributed by atoms with E-state index in [9.17, 15) is 4.79 Å². The van der Waals surface area contributed by atoms with Crippen LogP contribution in [0.3, 0.4) is 0 Å². The van der Waals surface area contributed by atoms with Gasteiger partial charge in [-0.15, -0.1) is 0 Å². The number of fused-ring (bicyclic) bond motifs is 1. The molecule has 0 amide bonds. The van der Waals surface area contributed by atoms with E-state index in [1.165, 1.54) is 0 Å². The van der Waals surface area contributed by atoms with Crippen molar-refractivity contribution in [2.75, 3.05) is 6.61 Å². The lowest BCUT2D eigenvalue weighted by atomic mass is 10.2. The zero-order valence-electron chi connectivity index (χ0n) is 9.78. The van der Waals surface area contributed by atoms with E-state index >= 15 is 0 Å². The fourth-order valence-corrected chi connectivity index (χ4v) is 1.66. The fraction of sp³-hybridized carbons (Fsp3) is 0.333. The number of aliphatic hydroxyl groups is 1. The van der Waals surface area contributed by atoms with Gasteiger partial charge in [-0.05, 0) is 31.5 Å². The molecule has 0 aliphatic carbocycles. The van der Waals surface area contributed by atoms with Crippen molar-refractivity contribution in [3.8, 4) is 5.75 Å². The Balaban J connectivity index is 2.76. The Morgan fingerprint density at radius 1 is 1.47 bits per heavy atom. The van der Waals surface area contributed by atoms with Crippen molar-refractivity contribution < 1.29 is 9.84 Å². The summed E-state index contributed by atoms with van der Waals surface area (Å²) in [4.78, 5) is 18.4. The predicted octanol–water partition coefficient (Wildman–Crippen LogP) is 1.12. The molecule has 5 heteroatoms. The SMILES string of the molecule is CCOc1cc(CO)cc2[nH]c(=O)c(C)nc12. The van der Waals surface area contributed by atoms with E-state index in [1.54, 1.807) is 19.1 Å². The van der Waals surface area contributed by atoms with Crippen LogP contribution in [0.5, 0.6) is 5.75 Å². The number of benzene rings is 1. The number of H-pyrrole nitrogens is 1. The molecule has 2 rings (SSSR count). The van der Waals surface area contributed by atoms with Crippen LogP contribution in [0.15, 0.2) is 16.9 Å². The molecule has 0 saturated heterocycles. The molecular formula is C12H14N2O3. The van der Waals surface area contributed by atoms with Gasteiger partial charge in [-0.2, -0.15) is 0 Å². The van der Waals surface area contributed by atoms with E-state index in [0.29, 0.717) is 34.6 Å². The maximum absolute atomic E-state index is 11.5. The lowest BCUT2D eigenvalue weighted by molar-refractivity contribution is 0.280. The summed E-state index contributed by atoms with van der Waals surface area (Å²) in [7, 11) is 0. The van der Waals surface area contributed by atoms with Gasteiger partial charge >= 0.3 is 0 Å². The Morgan fingerprint density at radius 2 is 2.24 bits per heavy atom. The van der Waals surface area contributed by atoms with Crippen molar-refractivity contribution >= 4 is 11.0 Å². The topological polar surface area (TPSA) is 75.2 Å². The van der Waals surface area contributed by atoms with Crippen molar-refractivity contribution in [3.05, 3.63) is 33.7 Å². The number of ether oxygens (including phenoxy) is 1. The van der Waals surface area contributed by atoms with Crippen LogP contribution in [-0.4, -0.2) is 21.7 Å². The molecule has 0 radical (unpaired) electrons. The molecule has 1 aromatic carbocycles. The maximum Gasteiger partial charge on any atom is 0.269 e. The zero-order chi connectivity index (χ0) is 12.4. The summed E-state index contributed by atoms with van der Waals surface area (Å²) >= 11 is 0. The van der Waals surface area contributed by atoms with E-state index in [2.05, 4.69) is 9.97 Å². The van der Waals surface area contributed by atoms with Crippen LogP contribution >= 0.6 is 0 Å². The predicted molar refractivity (Wildman–Crippen MR) is 64.2 cm³/mol. The second kappa shape index (κ2) is 4.55. The Bertz CT molecular complexity index is 604. The van der Waals surface area contributed by atoms with Gasteiger partial charge < -0.3 is 14.8 Å². The highest BCUT2D eigenvalue weighted by Gasteiger charge is 2.08. The summed E-state index contributed by atoms with van der Waals surface area (Å²) in [5.41, 5.74) is 2.05. The number of aliphatic hydroxyl groups excluding tert-OH is 1. The molecule has 0 aliphatic rings. The van der Waals surface area contributed by atoms with Crippen LogP contribution in [0.1, 0.15) is 18.2 Å². The first-order valence-corrected chi connectivity index (χ1v) is 5.43. The van der Waals surface area contributed by atoms with Gasteiger partial charge in [0, 0.05) is 0 Å². The van der Waals surface area contributed by atoms with Gasteiger partial charge in [0.25, 0.3) is 5.56 Å². The van der Waals surface area contributed by atoms with Crippen LogP contribution < -0.4 is 10.3 Å². The third kappa shape index (κ3) is 2.14. The molecule has 0 unspecified atom stereocenters. The average molecular weight is 234 g/mol. The molecule has 0 bridgehead atoms. The van der Waals surface area contributed by atoms with Crippen molar-refractivity contribution in [2.24, 2.45) is 0 Å². The normalized spacial score (nSPS) is 10.8. The lowest BCUT2D eigenvalue weighted by Gasteiger charge is -2.09. The number of aryl methyl sites for hydroxylation is 1. The first-order valence-electron chi connectivity index (χ1n) is 5.43. The van der Waals surface area contributed by atoms with E-state index < -0.39 is 0 Å². The highest BCUT2D eigenvalue weighted by molar-refractivity contribution is 5.81. The summed E-state index contributed by atoms with van der Waals surface area (Å²) in [5.74, 6) is 0.577. The summed E-state index contributed by atoms with van der Waals surface area (Å²) in [5, 5.41) is 9.15. The standard InChI is InChI=1S/C12H14N2O3/c1-3-17-10-5-8(6-15)4-9-11(10)13-7(2)12(16)14-9/h4-5,15H,3,6H2,1-2H3,(H,14,16). The van der Waals surface area contributed by atoms with E-state index in [1.807, 2.05) is 6.92 Å². The van der Waals surface area contributed by atoms with Gasteiger partial charge in [0.1, 0.15) is 17.0 Å². The van der Waals surface area contributed by atoms with Crippen molar-refractivity contribution in [3.63, 3.8) is 0 Å². The van der Waals surface area contributed by atoms with Gasteiger partial charge in [0.15, 0.2) is 0 Å². The minimum atomic E-state index is -0.227. The number of nitrogens with one attached hydrogen (secondary N) is 1. The molecular weight excluding hydrogens is 220 g/mol. The van der Waals surface area contributed by atoms with Crippen molar-refractivity contribution in [1.82, 2.24) is 9.97 Å². The molecule has 0 atom stereocenters. The van der Waals surface area contributed by atoms with Gasteiger partial charge in [-0.1, -0.05) is 0 Å². The Morgan fingerprint density at radius 3 is 2.88 bits per heavy atom. The lowest BCUT2D eigenvalue weighted by Crippen LogP contribution is -2.12. The average Bonchev–Trinajstić information content (AvgIpc) is 2.31. The highest BCUT2D eigenvalue weighted by atomic mass is 16.5. The smallest absolute Gasteiger partial charge is 0.269 e. The molecule has 2 aromatic rings. The van der Waals surface area contributed by atoms with Gasteiger partial charge in [0.2, 0.25) is 0 Å². The van der Waals surface area contributed by atoms with Crippen LogP contribution in [0.4, 0.5) is 0 Å². The maximum atomic E-state index is 11.5. The largest absolute Gasteiger partial charge is 0.492 e. The second-order valence-corrected chi connectivity index (χ2v) is 3.73.